The van der Waals surface area contributed by atoms with Crippen LogP contribution in [0.4, 0.5) is 4.39 Å². The molecule has 1 amide bonds. The predicted octanol–water partition coefficient (Wildman–Crippen LogP) is 2.98. The van der Waals surface area contributed by atoms with Gasteiger partial charge in [0.05, 0.1) is 5.69 Å². The van der Waals surface area contributed by atoms with E-state index in [1.54, 1.807) is 21.7 Å². The maximum Gasteiger partial charge on any atom is 0.253 e. The Morgan fingerprint density at radius 2 is 1.92 bits per heavy atom. The summed E-state index contributed by atoms with van der Waals surface area (Å²) in [6.45, 7) is 3.76. The van der Waals surface area contributed by atoms with E-state index in [9.17, 15) is 9.18 Å². The molecular weight excluding hydrogens is 331 g/mol. The summed E-state index contributed by atoms with van der Waals surface area (Å²) in [6, 6.07) is 7.82. The minimum Gasteiger partial charge on any atom is -0.339 e. The number of carbonyl (C=O) groups is 1. The van der Waals surface area contributed by atoms with Crippen LogP contribution >= 0.6 is 0 Å². The minimum atomic E-state index is -0.430. The number of hydrogen-bond donors (Lipinski definition) is 1. The van der Waals surface area contributed by atoms with E-state index in [1.165, 1.54) is 18.9 Å². The van der Waals surface area contributed by atoms with Crippen LogP contribution in [0.1, 0.15) is 47.4 Å². The quantitative estimate of drug-likeness (QED) is 0.920. The SMILES string of the molecule is Cc1cc(C)n(-c2ccc(C(=O)N(C)C3CC4CCC(C3)N4)cc2F)n1. The molecule has 138 valence electrons. The van der Waals surface area contributed by atoms with Gasteiger partial charge in [-0.1, -0.05) is 0 Å². The third-order valence-corrected chi connectivity index (χ3v) is 5.75. The lowest BCUT2D eigenvalue weighted by atomic mass is 9.98. The predicted molar refractivity (Wildman–Crippen MR) is 98.1 cm³/mol. The maximum atomic E-state index is 14.7. The molecule has 26 heavy (non-hydrogen) atoms. The second-order valence-electron chi connectivity index (χ2n) is 7.68. The summed E-state index contributed by atoms with van der Waals surface area (Å²) in [4.78, 5) is 14.7. The number of nitrogens with one attached hydrogen (secondary N) is 1. The zero-order valence-corrected chi connectivity index (χ0v) is 15.5. The fourth-order valence-corrected chi connectivity index (χ4v) is 4.40. The summed E-state index contributed by atoms with van der Waals surface area (Å²) in [5.74, 6) is -0.545. The van der Waals surface area contributed by atoms with E-state index in [-0.39, 0.29) is 11.9 Å². The lowest BCUT2D eigenvalue weighted by molar-refractivity contribution is 0.0681. The molecule has 1 aromatic heterocycles. The van der Waals surface area contributed by atoms with Gasteiger partial charge in [0.15, 0.2) is 0 Å². The first-order chi connectivity index (χ1) is 12.4. The first kappa shape index (κ1) is 17.2. The van der Waals surface area contributed by atoms with Gasteiger partial charge in [-0.05, 0) is 63.8 Å². The van der Waals surface area contributed by atoms with Gasteiger partial charge >= 0.3 is 0 Å². The molecule has 2 atom stereocenters. The highest BCUT2D eigenvalue weighted by Crippen LogP contribution is 2.30. The molecule has 5 nitrogen and oxygen atoms in total. The van der Waals surface area contributed by atoms with Crippen LogP contribution in [0.2, 0.25) is 0 Å². The van der Waals surface area contributed by atoms with Gasteiger partial charge in [0.25, 0.3) is 5.91 Å². The largest absolute Gasteiger partial charge is 0.339 e. The van der Waals surface area contributed by atoms with Crippen LogP contribution in [0.3, 0.4) is 0 Å². The summed E-state index contributed by atoms with van der Waals surface area (Å²) in [5, 5.41) is 7.91. The lowest BCUT2D eigenvalue weighted by Gasteiger charge is -2.35. The highest BCUT2D eigenvalue weighted by Gasteiger charge is 2.36. The van der Waals surface area contributed by atoms with Gasteiger partial charge in [-0.3, -0.25) is 4.79 Å². The number of piperidine rings is 1. The Kier molecular flexibility index (Phi) is 4.31. The van der Waals surface area contributed by atoms with Crippen molar-refractivity contribution in [2.75, 3.05) is 7.05 Å². The summed E-state index contributed by atoms with van der Waals surface area (Å²) in [6.07, 6.45) is 4.33. The maximum absolute atomic E-state index is 14.7. The van der Waals surface area contributed by atoms with Crippen LogP contribution in [0.15, 0.2) is 24.3 Å². The van der Waals surface area contributed by atoms with Crippen LogP contribution in [0.5, 0.6) is 0 Å². The van der Waals surface area contributed by atoms with Crippen molar-refractivity contribution in [1.82, 2.24) is 20.0 Å². The van der Waals surface area contributed by atoms with Gasteiger partial charge in [-0.15, -0.1) is 0 Å². The number of aromatic nitrogens is 2. The molecule has 0 spiro atoms. The molecule has 2 aliphatic rings. The van der Waals surface area contributed by atoms with Crippen molar-refractivity contribution in [2.45, 2.75) is 57.7 Å². The Morgan fingerprint density at radius 3 is 2.50 bits per heavy atom. The molecule has 2 unspecified atom stereocenters. The van der Waals surface area contributed by atoms with E-state index in [0.29, 0.717) is 23.3 Å². The first-order valence-corrected chi connectivity index (χ1v) is 9.29. The highest BCUT2D eigenvalue weighted by atomic mass is 19.1. The monoisotopic (exact) mass is 356 g/mol. The van der Waals surface area contributed by atoms with Crippen LogP contribution in [0.25, 0.3) is 5.69 Å². The number of carbonyl (C=O) groups excluding carboxylic acids is 1. The normalized spacial score (nSPS) is 24.7. The van der Waals surface area contributed by atoms with Crippen LogP contribution in [-0.2, 0) is 0 Å². The molecule has 2 bridgehead atoms. The number of fused-ring (bicyclic) bond motifs is 2. The third kappa shape index (κ3) is 3.03. The Morgan fingerprint density at radius 1 is 1.23 bits per heavy atom. The van der Waals surface area contributed by atoms with Gasteiger partial charge < -0.3 is 10.2 Å². The van der Waals surface area contributed by atoms with Gasteiger partial charge in [-0.2, -0.15) is 5.10 Å². The molecule has 0 radical (unpaired) electrons. The number of nitrogens with zero attached hydrogens (tertiary/aromatic N) is 3. The van der Waals surface area contributed by atoms with E-state index in [2.05, 4.69) is 10.4 Å². The number of rotatable bonds is 3. The van der Waals surface area contributed by atoms with Gasteiger partial charge in [0.1, 0.15) is 11.5 Å². The van der Waals surface area contributed by atoms with Crippen molar-refractivity contribution in [3.05, 3.63) is 47.0 Å². The number of aryl methyl sites for hydroxylation is 2. The van der Waals surface area contributed by atoms with E-state index < -0.39 is 5.82 Å². The third-order valence-electron chi connectivity index (χ3n) is 5.75. The second kappa shape index (κ2) is 6.50. The molecule has 6 heteroatoms. The molecule has 2 saturated heterocycles. The fraction of sp³-hybridized carbons (Fsp3) is 0.500. The average Bonchev–Trinajstić information content (AvgIpc) is 3.13. The van der Waals surface area contributed by atoms with Gasteiger partial charge in [-0.25, -0.2) is 9.07 Å². The second-order valence-corrected chi connectivity index (χ2v) is 7.68. The molecule has 3 heterocycles. The van der Waals surface area contributed by atoms with E-state index >= 15 is 0 Å². The van der Waals surface area contributed by atoms with Crippen molar-refractivity contribution in [2.24, 2.45) is 0 Å². The smallest absolute Gasteiger partial charge is 0.253 e. The standard InChI is InChI=1S/C20H25FN4O/c1-12-8-13(2)25(23-12)19-7-4-14(9-18(19)21)20(26)24(3)17-10-15-5-6-16(11-17)22-15/h4,7-9,15-17,22H,5-6,10-11H2,1-3H3. The number of hydrogen-bond acceptors (Lipinski definition) is 3. The van der Waals surface area contributed by atoms with Crippen molar-refractivity contribution in [3.8, 4) is 5.69 Å². The van der Waals surface area contributed by atoms with Crippen molar-refractivity contribution >= 4 is 5.91 Å². The summed E-state index contributed by atoms with van der Waals surface area (Å²) in [7, 11) is 1.84. The number of benzene rings is 1. The summed E-state index contributed by atoms with van der Waals surface area (Å²) < 4.78 is 16.3. The average molecular weight is 356 g/mol. The Hall–Kier alpha value is -2.21. The van der Waals surface area contributed by atoms with Crippen LogP contribution < -0.4 is 5.32 Å². The Bertz CT molecular complexity index is 834. The highest BCUT2D eigenvalue weighted by molar-refractivity contribution is 5.94. The van der Waals surface area contributed by atoms with Gasteiger partial charge in [0, 0.05) is 36.4 Å². The lowest BCUT2D eigenvalue weighted by Crippen LogP contribution is -2.48. The zero-order chi connectivity index (χ0) is 18.4. The van der Waals surface area contributed by atoms with Crippen molar-refractivity contribution in [1.29, 1.82) is 0 Å². The van der Waals surface area contributed by atoms with Crippen molar-refractivity contribution < 1.29 is 9.18 Å². The minimum absolute atomic E-state index is 0.116. The molecule has 1 aromatic carbocycles. The molecule has 0 aliphatic carbocycles. The molecule has 1 N–H and O–H groups in total. The summed E-state index contributed by atoms with van der Waals surface area (Å²) >= 11 is 0. The van der Waals surface area contributed by atoms with Crippen LogP contribution in [0, 0.1) is 19.7 Å². The van der Waals surface area contributed by atoms with E-state index in [1.807, 2.05) is 27.0 Å². The molecule has 2 aliphatic heterocycles. The molecule has 0 saturated carbocycles. The summed E-state index contributed by atoms with van der Waals surface area (Å²) in [5.41, 5.74) is 2.46. The fourth-order valence-electron chi connectivity index (χ4n) is 4.40. The Balaban J connectivity index is 1.55. The van der Waals surface area contributed by atoms with Crippen molar-refractivity contribution in [3.63, 3.8) is 0 Å². The zero-order valence-electron chi connectivity index (χ0n) is 15.5. The molecule has 4 rings (SSSR count). The van der Waals surface area contributed by atoms with E-state index in [4.69, 9.17) is 0 Å². The molecule has 2 fully saturated rings. The molecular formula is C20H25FN4O. The first-order valence-electron chi connectivity index (χ1n) is 9.29. The Labute approximate surface area is 153 Å². The number of halogens is 1. The topological polar surface area (TPSA) is 50.2 Å². The van der Waals surface area contributed by atoms with Gasteiger partial charge in [0.2, 0.25) is 0 Å². The molecule has 2 aromatic rings. The van der Waals surface area contributed by atoms with E-state index in [0.717, 1.165) is 24.2 Å². The van der Waals surface area contributed by atoms with Crippen LogP contribution in [-0.4, -0.2) is 45.8 Å². The number of amides is 1.